The van der Waals surface area contributed by atoms with Gasteiger partial charge in [-0.3, -0.25) is 18.7 Å². The quantitative estimate of drug-likeness (QED) is 0.611. The molecule has 0 spiro atoms. The minimum absolute atomic E-state index is 0.184. The van der Waals surface area contributed by atoms with Gasteiger partial charge in [0.15, 0.2) is 11.5 Å². The van der Waals surface area contributed by atoms with Gasteiger partial charge in [-0.15, -0.1) is 0 Å². The van der Waals surface area contributed by atoms with Crippen molar-refractivity contribution in [3.05, 3.63) is 68.9 Å². The Labute approximate surface area is 173 Å². The number of amides is 1. The van der Waals surface area contributed by atoms with Gasteiger partial charge >= 0.3 is 5.69 Å². The van der Waals surface area contributed by atoms with Crippen molar-refractivity contribution in [3.8, 4) is 11.5 Å². The van der Waals surface area contributed by atoms with Crippen LogP contribution in [-0.4, -0.2) is 29.3 Å². The zero-order valence-electron chi connectivity index (χ0n) is 17.3. The number of nitrogens with one attached hydrogen (secondary N) is 1. The number of rotatable bonds is 8. The lowest BCUT2D eigenvalue weighted by Crippen LogP contribution is -2.42. The molecule has 0 unspecified atom stereocenters. The van der Waals surface area contributed by atoms with Crippen LogP contribution in [0, 0.1) is 0 Å². The van der Waals surface area contributed by atoms with Gasteiger partial charge in [-0.05, 0) is 36.2 Å². The summed E-state index contributed by atoms with van der Waals surface area (Å²) >= 11 is 0. The second kappa shape index (κ2) is 9.30. The summed E-state index contributed by atoms with van der Waals surface area (Å²) in [5, 5.41) is 3.23. The number of hydrogen-bond donors (Lipinski definition) is 1. The third kappa shape index (κ3) is 4.22. The normalized spacial score (nSPS) is 10.8. The molecule has 1 amide bonds. The summed E-state index contributed by atoms with van der Waals surface area (Å²) in [7, 11) is 3.10. The maximum Gasteiger partial charge on any atom is 0.331 e. The van der Waals surface area contributed by atoms with Gasteiger partial charge in [-0.25, -0.2) is 4.79 Å². The predicted octanol–water partition coefficient (Wildman–Crippen LogP) is 1.91. The first-order chi connectivity index (χ1) is 14.5. The molecule has 158 valence electrons. The summed E-state index contributed by atoms with van der Waals surface area (Å²) in [6.07, 6.45) is 0.638. The van der Waals surface area contributed by atoms with Crippen LogP contribution in [0.5, 0.6) is 11.5 Å². The van der Waals surface area contributed by atoms with E-state index in [1.807, 2.05) is 13.0 Å². The number of aromatic nitrogens is 2. The highest BCUT2D eigenvalue weighted by atomic mass is 16.5. The number of fused-ring (bicyclic) bond motifs is 1. The summed E-state index contributed by atoms with van der Waals surface area (Å²) < 4.78 is 13.0. The van der Waals surface area contributed by atoms with Crippen LogP contribution in [0.2, 0.25) is 0 Å². The van der Waals surface area contributed by atoms with Crippen molar-refractivity contribution < 1.29 is 14.3 Å². The number of nitrogens with zero attached hydrogens (tertiary/aromatic N) is 2. The third-order valence-corrected chi connectivity index (χ3v) is 4.82. The van der Waals surface area contributed by atoms with E-state index >= 15 is 0 Å². The maximum atomic E-state index is 12.9. The second-order valence-corrected chi connectivity index (χ2v) is 6.81. The van der Waals surface area contributed by atoms with E-state index in [1.54, 1.807) is 50.6 Å². The first-order valence-corrected chi connectivity index (χ1v) is 9.70. The Morgan fingerprint density at radius 1 is 1.00 bits per heavy atom. The van der Waals surface area contributed by atoms with Crippen molar-refractivity contribution in [2.75, 3.05) is 14.2 Å². The van der Waals surface area contributed by atoms with Crippen LogP contribution in [0.4, 0.5) is 0 Å². The highest BCUT2D eigenvalue weighted by molar-refractivity contribution is 5.81. The minimum atomic E-state index is -0.484. The van der Waals surface area contributed by atoms with E-state index in [-0.39, 0.29) is 24.6 Å². The van der Waals surface area contributed by atoms with Crippen LogP contribution in [0.3, 0.4) is 0 Å². The molecular weight excluding hydrogens is 386 g/mol. The third-order valence-electron chi connectivity index (χ3n) is 4.82. The van der Waals surface area contributed by atoms with E-state index in [2.05, 4.69) is 5.32 Å². The Morgan fingerprint density at radius 2 is 1.73 bits per heavy atom. The zero-order chi connectivity index (χ0) is 21.7. The molecule has 3 rings (SSSR count). The number of carbonyl (C=O) groups excluding carboxylic acids is 1. The lowest BCUT2D eigenvalue weighted by molar-refractivity contribution is -0.121. The van der Waals surface area contributed by atoms with E-state index in [9.17, 15) is 14.4 Å². The van der Waals surface area contributed by atoms with Gasteiger partial charge in [0, 0.05) is 13.1 Å². The molecule has 1 aromatic heterocycles. The Hall–Kier alpha value is -3.55. The van der Waals surface area contributed by atoms with Gasteiger partial charge in [0.2, 0.25) is 5.91 Å². The highest BCUT2D eigenvalue weighted by Gasteiger charge is 2.15. The van der Waals surface area contributed by atoms with E-state index in [0.717, 1.165) is 5.56 Å². The SMILES string of the molecule is CCCn1c(=O)c2ccccc2n(CC(=O)NCc2ccc(OC)c(OC)c2)c1=O. The van der Waals surface area contributed by atoms with Gasteiger partial charge in [0.1, 0.15) is 6.54 Å². The molecule has 1 N–H and O–H groups in total. The molecule has 30 heavy (non-hydrogen) atoms. The van der Waals surface area contributed by atoms with E-state index < -0.39 is 5.69 Å². The molecule has 0 aliphatic carbocycles. The number of benzene rings is 2. The van der Waals surface area contributed by atoms with Gasteiger partial charge in [-0.2, -0.15) is 0 Å². The summed E-state index contributed by atoms with van der Waals surface area (Å²) in [6.45, 7) is 2.27. The van der Waals surface area contributed by atoms with Crippen molar-refractivity contribution >= 4 is 16.8 Å². The largest absolute Gasteiger partial charge is 0.493 e. The van der Waals surface area contributed by atoms with Crippen molar-refractivity contribution in [1.82, 2.24) is 14.5 Å². The molecule has 2 aromatic carbocycles. The van der Waals surface area contributed by atoms with Crippen LogP contribution >= 0.6 is 0 Å². The first-order valence-electron chi connectivity index (χ1n) is 9.70. The van der Waals surface area contributed by atoms with Crippen molar-refractivity contribution in [2.45, 2.75) is 33.0 Å². The average molecular weight is 411 g/mol. The molecule has 8 heteroatoms. The lowest BCUT2D eigenvalue weighted by Gasteiger charge is -2.14. The summed E-state index contributed by atoms with van der Waals surface area (Å²) in [5.74, 6) is 0.834. The Morgan fingerprint density at radius 3 is 2.43 bits per heavy atom. The Balaban J connectivity index is 1.85. The average Bonchev–Trinajstić information content (AvgIpc) is 2.77. The van der Waals surface area contributed by atoms with Gasteiger partial charge in [-0.1, -0.05) is 25.1 Å². The molecule has 0 atom stereocenters. The van der Waals surface area contributed by atoms with Crippen LogP contribution in [-0.2, 0) is 24.4 Å². The first kappa shape index (κ1) is 21.2. The number of carbonyl (C=O) groups is 1. The summed E-state index contributed by atoms with van der Waals surface area (Å²) in [4.78, 5) is 38.1. The summed E-state index contributed by atoms with van der Waals surface area (Å²) in [5.41, 5.74) is 0.455. The number of ether oxygens (including phenoxy) is 2. The molecule has 1 heterocycles. The minimum Gasteiger partial charge on any atom is -0.493 e. The molecule has 0 bridgehead atoms. The van der Waals surface area contributed by atoms with E-state index in [0.29, 0.717) is 35.4 Å². The van der Waals surface area contributed by atoms with Crippen LogP contribution in [0.1, 0.15) is 18.9 Å². The van der Waals surface area contributed by atoms with E-state index in [4.69, 9.17) is 9.47 Å². The monoisotopic (exact) mass is 411 g/mol. The fourth-order valence-corrected chi connectivity index (χ4v) is 3.34. The Bertz CT molecular complexity index is 1180. The van der Waals surface area contributed by atoms with Gasteiger partial charge < -0.3 is 14.8 Å². The van der Waals surface area contributed by atoms with Gasteiger partial charge in [0.25, 0.3) is 5.56 Å². The van der Waals surface area contributed by atoms with Crippen molar-refractivity contribution in [1.29, 1.82) is 0 Å². The zero-order valence-corrected chi connectivity index (χ0v) is 17.3. The van der Waals surface area contributed by atoms with Crippen LogP contribution in [0.25, 0.3) is 10.9 Å². The Kier molecular flexibility index (Phi) is 6.56. The molecule has 0 aliphatic heterocycles. The number of methoxy groups -OCH3 is 2. The predicted molar refractivity (Wildman–Crippen MR) is 114 cm³/mol. The highest BCUT2D eigenvalue weighted by Crippen LogP contribution is 2.27. The molecular formula is C22H25N3O5. The molecule has 0 radical (unpaired) electrons. The van der Waals surface area contributed by atoms with E-state index in [1.165, 1.54) is 9.13 Å². The molecule has 0 saturated carbocycles. The molecule has 8 nitrogen and oxygen atoms in total. The lowest BCUT2D eigenvalue weighted by atomic mass is 10.2. The number of para-hydroxylation sites is 1. The fourth-order valence-electron chi connectivity index (χ4n) is 3.34. The van der Waals surface area contributed by atoms with Crippen molar-refractivity contribution in [2.24, 2.45) is 0 Å². The molecule has 0 aliphatic rings. The van der Waals surface area contributed by atoms with Crippen LogP contribution in [0.15, 0.2) is 52.1 Å². The summed E-state index contributed by atoms with van der Waals surface area (Å²) in [6, 6.07) is 12.2. The van der Waals surface area contributed by atoms with Crippen molar-refractivity contribution in [3.63, 3.8) is 0 Å². The van der Waals surface area contributed by atoms with Crippen LogP contribution < -0.4 is 26.0 Å². The maximum absolute atomic E-state index is 12.9. The standard InChI is InChI=1S/C22H25N3O5/c1-4-11-24-21(27)16-7-5-6-8-17(16)25(22(24)28)14-20(26)23-13-15-9-10-18(29-2)19(12-15)30-3/h5-10,12H,4,11,13-14H2,1-3H3,(H,23,26). The molecule has 3 aromatic rings. The molecule has 0 saturated heterocycles. The topological polar surface area (TPSA) is 91.6 Å². The smallest absolute Gasteiger partial charge is 0.331 e. The molecule has 0 fully saturated rings. The second-order valence-electron chi connectivity index (χ2n) is 6.81. The number of hydrogen-bond acceptors (Lipinski definition) is 5. The fraction of sp³-hybridized carbons (Fsp3) is 0.318. The van der Waals surface area contributed by atoms with Gasteiger partial charge in [0.05, 0.1) is 25.1 Å².